The molecule has 1 aromatic carbocycles. The van der Waals surface area contributed by atoms with Crippen LogP contribution < -0.4 is 0 Å². The Morgan fingerprint density at radius 1 is 1.29 bits per heavy atom. The van der Waals surface area contributed by atoms with E-state index in [0.29, 0.717) is 11.5 Å². The van der Waals surface area contributed by atoms with Crippen molar-refractivity contribution in [2.45, 2.75) is 52.0 Å². The number of nitrogens with zero attached hydrogens (tertiary/aromatic N) is 3. The maximum absolute atomic E-state index is 13.4. The molecular formula is C24H28FN3O2S. The fraction of sp³-hybridized carbons (Fsp3) is 0.500. The average molecular weight is 442 g/mol. The number of benzene rings is 1. The van der Waals surface area contributed by atoms with E-state index < -0.39 is 0 Å². The lowest BCUT2D eigenvalue weighted by Crippen LogP contribution is -2.35. The second-order valence-corrected chi connectivity index (χ2v) is 10.1. The normalized spacial score (nSPS) is 18.0. The van der Waals surface area contributed by atoms with Gasteiger partial charge >= 0.3 is 0 Å². The summed E-state index contributed by atoms with van der Waals surface area (Å²) in [6, 6.07) is 4.68. The van der Waals surface area contributed by atoms with Crippen LogP contribution in [-0.4, -0.2) is 47.0 Å². The minimum absolute atomic E-state index is 0.172. The summed E-state index contributed by atoms with van der Waals surface area (Å²) >= 11 is 1.92. The molecule has 2 aromatic heterocycles. The van der Waals surface area contributed by atoms with Crippen LogP contribution in [0, 0.1) is 12.7 Å². The zero-order valence-electron chi connectivity index (χ0n) is 18.1. The molecule has 2 aliphatic rings. The van der Waals surface area contributed by atoms with E-state index in [1.54, 1.807) is 13.0 Å². The van der Waals surface area contributed by atoms with Gasteiger partial charge in [-0.05, 0) is 69.0 Å². The summed E-state index contributed by atoms with van der Waals surface area (Å²) in [6.45, 7) is 8.62. The Bertz CT molecular complexity index is 1110. The number of hydrogen-bond donors (Lipinski definition) is 0. The summed E-state index contributed by atoms with van der Waals surface area (Å²) in [5, 5.41) is 5.20. The zero-order chi connectivity index (χ0) is 21.5. The van der Waals surface area contributed by atoms with Crippen LogP contribution in [0.2, 0.25) is 0 Å². The summed E-state index contributed by atoms with van der Waals surface area (Å²) in [5.41, 5.74) is 4.37. The fourth-order valence-electron chi connectivity index (χ4n) is 5.10. The van der Waals surface area contributed by atoms with E-state index in [1.165, 1.54) is 33.0 Å². The van der Waals surface area contributed by atoms with Crippen molar-refractivity contribution in [2.24, 2.45) is 0 Å². The first-order valence-corrected chi connectivity index (χ1v) is 11.9. The number of piperidine rings is 1. The summed E-state index contributed by atoms with van der Waals surface area (Å²) < 4.78 is 18.8. The van der Waals surface area contributed by atoms with Gasteiger partial charge in [0.05, 0.1) is 5.69 Å². The largest absolute Gasteiger partial charge is 0.356 e. The molecule has 31 heavy (non-hydrogen) atoms. The molecule has 0 atom stereocenters. The first kappa shape index (κ1) is 20.6. The molecule has 5 rings (SSSR count). The number of likely N-dealkylation sites (tertiary alicyclic amines) is 1. The molecule has 7 heteroatoms. The van der Waals surface area contributed by atoms with E-state index in [9.17, 15) is 9.18 Å². The summed E-state index contributed by atoms with van der Waals surface area (Å²) in [4.78, 5) is 19.2. The Kier molecular flexibility index (Phi) is 5.56. The number of amides is 1. The maximum atomic E-state index is 13.4. The van der Waals surface area contributed by atoms with Gasteiger partial charge in [0.2, 0.25) is 5.91 Å². The number of aromatic nitrogens is 1. The van der Waals surface area contributed by atoms with Crippen molar-refractivity contribution in [1.29, 1.82) is 0 Å². The Morgan fingerprint density at radius 3 is 2.87 bits per heavy atom. The number of carbonyl (C=O) groups excluding carboxylic acids is 1. The molecule has 0 unspecified atom stereocenters. The van der Waals surface area contributed by atoms with Gasteiger partial charge in [-0.1, -0.05) is 5.16 Å². The smallest absolute Gasteiger partial charge is 0.219 e. The van der Waals surface area contributed by atoms with E-state index in [1.807, 2.05) is 16.2 Å². The van der Waals surface area contributed by atoms with Crippen molar-refractivity contribution in [3.8, 4) is 0 Å². The molecule has 164 valence electrons. The number of rotatable bonds is 4. The van der Waals surface area contributed by atoms with Gasteiger partial charge in [0.1, 0.15) is 5.82 Å². The van der Waals surface area contributed by atoms with Crippen LogP contribution in [0.4, 0.5) is 4.39 Å². The molecule has 1 fully saturated rings. The maximum Gasteiger partial charge on any atom is 0.219 e. The van der Waals surface area contributed by atoms with Crippen molar-refractivity contribution in [2.75, 3.05) is 26.2 Å². The number of aryl methyl sites for hydroxylation is 1. The summed E-state index contributed by atoms with van der Waals surface area (Å²) in [6.07, 6.45) is 4.11. The second-order valence-electron chi connectivity index (χ2n) is 8.80. The first-order chi connectivity index (χ1) is 15.0. The van der Waals surface area contributed by atoms with Crippen LogP contribution in [0.3, 0.4) is 0 Å². The van der Waals surface area contributed by atoms with E-state index in [0.717, 1.165) is 69.5 Å². The molecular weight excluding hydrogens is 413 g/mol. The highest BCUT2D eigenvalue weighted by Crippen LogP contribution is 2.35. The fourth-order valence-corrected chi connectivity index (χ4v) is 6.32. The molecule has 4 heterocycles. The minimum Gasteiger partial charge on any atom is -0.356 e. The van der Waals surface area contributed by atoms with Gasteiger partial charge in [0.25, 0.3) is 0 Å². The van der Waals surface area contributed by atoms with Crippen molar-refractivity contribution >= 4 is 28.2 Å². The number of thiophene rings is 1. The summed E-state index contributed by atoms with van der Waals surface area (Å²) in [5.74, 6) is 0.246. The van der Waals surface area contributed by atoms with Crippen LogP contribution >= 0.6 is 11.3 Å². The molecule has 0 spiro atoms. The standard InChI is InChI=1S/C24H28FN3O2S/c1-15-19(21-14-28(16(2)29)12-8-23(21)31-15)7-11-27-9-5-17(6-10-27)24-20-4-3-18(25)13-22(20)30-26-24/h3-4,13,17H,5-12,14H2,1-2H3. The number of halogens is 1. The van der Waals surface area contributed by atoms with Gasteiger partial charge in [0, 0.05) is 53.7 Å². The Hall–Kier alpha value is -2.25. The number of fused-ring (bicyclic) bond motifs is 2. The summed E-state index contributed by atoms with van der Waals surface area (Å²) in [7, 11) is 0. The van der Waals surface area contributed by atoms with Crippen molar-refractivity contribution in [3.63, 3.8) is 0 Å². The molecule has 0 radical (unpaired) electrons. The third-order valence-corrected chi connectivity index (χ3v) is 8.17. The molecule has 0 aliphatic carbocycles. The van der Waals surface area contributed by atoms with Crippen molar-refractivity contribution in [1.82, 2.24) is 15.0 Å². The number of carbonyl (C=O) groups is 1. The van der Waals surface area contributed by atoms with Gasteiger partial charge in [-0.2, -0.15) is 0 Å². The van der Waals surface area contributed by atoms with Gasteiger partial charge in [0.15, 0.2) is 5.58 Å². The molecule has 1 amide bonds. The second kappa shape index (κ2) is 8.36. The van der Waals surface area contributed by atoms with Crippen LogP contribution in [0.25, 0.3) is 11.0 Å². The van der Waals surface area contributed by atoms with E-state index in [-0.39, 0.29) is 11.7 Å². The third kappa shape index (κ3) is 4.01. The minimum atomic E-state index is -0.289. The van der Waals surface area contributed by atoms with Crippen LogP contribution in [-0.2, 0) is 24.2 Å². The molecule has 5 nitrogen and oxygen atoms in total. The van der Waals surface area contributed by atoms with Crippen LogP contribution in [0.1, 0.15) is 52.3 Å². The van der Waals surface area contributed by atoms with Gasteiger partial charge in [-0.25, -0.2) is 4.39 Å². The van der Waals surface area contributed by atoms with E-state index in [2.05, 4.69) is 17.0 Å². The van der Waals surface area contributed by atoms with Crippen molar-refractivity contribution < 1.29 is 13.7 Å². The SMILES string of the molecule is CC(=O)N1CCc2sc(C)c(CCN3CCC(c4noc5cc(F)ccc45)CC3)c2C1. The van der Waals surface area contributed by atoms with E-state index >= 15 is 0 Å². The van der Waals surface area contributed by atoms with Crippen molar-refractivity contribution in [3.05, 3.63) is 50.6 Å². The van der Waals surface area contributed by atoms with Gasteiger partial charge in [-0.3, -0.25) is 4.79 Å². The topological polar surface area (TPSA) is 49.6 Å². The van der Waals surface area contributed by atoms with Crippen LogP contribution in [0.15, 0.2) is 22.7 Å². The lowest BCUT2D eigenvalue weighted by atomic mass is 9.91. The molecule has 2 aliphatic heterocycles. The third-order valence-electron chi connectivity index (χ3n) is 6.92. The highest BCUT2D eigenvalue weighted by molar-refractivity contribution is 7.12. The first-order valence-electron chi connectivity index (χ1n) is 11.1. The highest BCUT2D eigenvalue weighted by atomic mass is 32.1. The zero-order valence-corrected chi connectivity index (χ0v) is 18.9. The molecule has 1 saturated heterocycles. The molecule has 0 N–H and O–H groups in total. The van der Waals surface area contributed by atoms with Crippen LogP contribution in [0.5, 0.6) is 0 Å². The van der Waals surface area contributed by atoms with Gasteiger partial charge < -0.3 is 14.3 Å². The lowest BCUT2D eigenvalue weighted by Gasteiger charge is -2.31. The predicted molar refractivity (Wildman–Crippen MR) is 120 cm³/mol. The Morgan fingerprint density at radius 2 is 2.10 bits per heavy atom. The lowest BCUT2D eigenvalue weighted by molar-refractivity contribution is -0.129. The quantitative estimate of drug-likeness (QED) is 0.591. The molecule has 0 saturated carbocycles. The Balaban J connectivity index is 1.21. The molecule has 0 bridgehead atoms. The predicted octanol–water partition coefficient (Wildman–Crippen LogP) is 4.66. The highest BCUT2D eigenvalue weighted by Gasteiger charge is 2.27. The average Bonchev–Trinajstić information content (AvgIpc) is 3.31. The van der Waals surface area contributed by atoms with Gasteiger partial charge in [-0.15, -0.1) is 11.3 Å². The Labute approximate surface area is 185 Å². The number of hydrogen-bond acceptors (Lipinski definition) is 5. The van der Waals surface area contributed by atoms with E-state index in [4.69, 9.17) is 4.52 Å². The monoisotopic (exact) mass is 441 g/mol. The molecule has 3 aromatic rings.